The summed E-state index contributed by atoms with van der Waals surface area (Å²) in [4.78, 5) is 4.40. The van der Waals surface area contributed by atoms with Gasteiger partial charge in [-0.1, -0.05) is 18.9 Å². The topological polar surface area (TPSA) is 76.9 Å². The van der Waals surface area contributed by atoms with E-state index in [0.29, 0.717) is 6.04 Å². The lowest BCUT2D eigenvalue weighted by atomic mass is 10.2. The van der Waals surface area contributed by atoms with Crippen LogP contribution in [0.4, 0.5) is 0 Å². The van der Waals surface area contributed by atoms with Crippen LogP contribution in [-0.4, -0.2) is 29.4 Å². The summed E-state index contributed by atoms with van der Waals surface area (Å²) >= 11 is 0. The Balaban J connectivity index is 1.93. The van der Waals surface area contributed by atoms with Crippen LogP contribution in [0.5, 0.6) is 0 Å². The molecular formula is C15H20N4O2S. The van der Waals surface area contributed by atoms with Crippen LogP contribution in [0, 0.1) is 0 Å². The number of sulfonamides is 1. The van der Waals surface area contributed by atoms with E-state index in [9.17, 15) is 8.42 Å². The van der Waals surface area contributed by atoms with Crippen molar-refractivity contribution < 1.29 is 8.42 Å². The summed E-state index contributed by atoms with van der Waals surface area (Å²) in [5.41, 5.74) is 2.54. The minimum atomic E-state index is -3.22. The van der Waals surface area contributed by atoms with E-state index < -0.39 is 10.0 Å². The zero-order chi connectivity index (χ0) is 15.6. The third kappa shape index (κ3) is 3.53. The molecule has 1 N–H and O–H groups in total. The lowest BCUT2D eigenvalue weighted by Crippen LogP contribution is -2.21. The SMILES string of the molecule is CS(=O)(=O)NCc1cc(-c2ccccn2)n(C2CCCC2)n1. The average molecular weight is 320 g/mol. The fourth-order valence-corrected chi connectivity index (χ4v) is 3.28. The molecule has 3 rings (SSSR count). The van der Waals surface area contributed by atoms with Gasteiger partial charge in [0.25, 0.3) is 0 Å². The van der Waals surface area contributed by atoms with Gasteiger partial charge in [0, 0.05) is 6.20 Å². The molecule has 0 saturated heterocycles. The third-order valence-electron chi connectivity index (χ3n) is 3.90. The van der Waals surface area contributed by atoms with Crippen molar-refractivity contribution in [1.29, 1.82) is 0 Å². The van der Waals surface area contributed by atoms with Crippen molar-refractivity contribution in [2.75, 3.05) is 6.26 Å². The van der Waals surface area contributed by atoms with E-state index in [4.69, 9.17) is 0 Å². The van der Waals surface area contributed by atoms with Crippen LogP contribution < -0.4 is 4.72 Å². The van der Waals surface area contributed by atoms with Crippen molar-refractivity contribution >= 4 is 10.0 Å². The summed E-state index contributed by atoms with van der Waals surface area (Å²) in [7, 11) is -3.22. The molecule has 0 amide bonds. The predicted octanol–water partition coefficient (Wildman–Crippen LogP) is 2.11. The first-order valence-corrected chi connectivity index (χ1v) is 9.36. The molecule has 1 saturated carbocycles. The molecular weight excluding hydrogens is 300 g/mol. The van der Waals surface area contributed by atoms with Crippen molar-refractivity contribution in [1.82, 2.24) is 19.5 Å². The first kappa shape index (κ1) is 15.2. The van der Waals surface area contributed by atoms with Gasteiger partial charge in [-0.05, 0) is 31.0 Å². The molecule has 0 atom stereocenters. The van der Waals surface area contributed by atoms with Gasteiger partial charge in [0.15, 0.2) is 0 Å². The van der Waals surface area contributed by atoms with Gasteiger partial charge in [0.1, 0.15) is 0 Å². The van der Waals surface area contributed by atoms with E-state index in [1.165, 1.54) is 12.8 Å². The van der Waals surface area contributed by atoms with E-state index >= 15 is 0 Å². The number of hydrogen-bond donors (Lipinski definition) is 1. The Kier molecular flexibility index (Phi) is 4.26. The van der Waals surface area contributed by atoms with E-state index in [0.717, 1.165) is 36.2 Å². The van der Waals surface area contributed by atoms with Crippen LogP contribution in [0.1, 0.15) is 37.4 Å². The van der Waals surface area contributed by atoms with Crippen LogP contribution >= 0.6 is 0 Å². The Morgan fingerprint density at radius 3 is 2.73 bits per heavy atom. The summed E-state index contributed by atoms with van der Waals surface area (Å²) in [6, 6.07) is 8.09. The highest BCUT2D eigenvalue weighted by atomic mass is 32.2. The first-order chi connectivity index (χ1) is 10.5. The first-order valence-electron chi connectivity index (χ1n) is 7.47. The highest BCUT2D eigenvalue weighted by molar-refractivity contribution is 7.88. The zero-order valence-corrected chi connectivity index (χ0v) is 13.4. The highest BCUT2D eigenvalue weighted by Crippen LogP contribution is 2.33. The van der Waals surface area contributed by atoms with E-state index in [2.05, 4.69) is 14.8 Å². The summed E-state index contributed by atoms with van der Waals surface area (Å²) in [6.45, 7) is 0.207. The van der Waals surface area contributed by atoms with Gasteiger partial charge < -0.3 is 0 Å². The monoisotopic (exact) mass is 320 g/mol. The second-order valence-electron chi connectivity index (χ2n) is 5.71. The minimum Gasteiger partial charge on any atom is -0.260 e. The molecule has 6 nitrogen and oxygen atoms in total. The van der Waals surface area contributed by atoms with Gasteiger partial charge in [-0.2, -0.15) is 5.10 Å². The summed E-state index contributed by atoms with van der Waals surface area (Å²) in [6.07, 6.45) is 7.56. The fraction of sp³-hybridized carbons (Fsp3) is 0.467. The second-order valence-corrected chi connectivity index (χ2v) is 7.55. The Hall–Kier alpha value is -1.73. The standard InChI is InChI=1S/C15H20N4O2S/c1-22(20,21)17-11-12-10-15(14-8-4-5-9-16-14)19(18-12)13-6-2-3-7-13/h4-5,8-10,13,17H,2-3,6-7,11H2,1H3. The Bertz CT molecular complexity index is 734. The Labute approximate surface area is 130 Å². The summed E-state index contributed by atoms with van der Waals surface area (Å²) in [5.74, 6) is 0. The molecule has 1 aliphatic rings. The summed E-state index contributed by atoms with van der Waals surface area (Å²) < 4.78 is 27.0. The van der Waals surface area contributed by atoms with Gasteiger partial charge in [-0.3, -0.25) is 9.67 Å². The molecule has 2 aromatic rings. The Morgan fingerprint density at radius 2 is 2.09 bits per heavy atom. The smallest absolute Gasteiger partial charge is 0.209 e. The maximum absolute atomic E-state index is 11.3. The molecule has 0 radical (unpaired) electrons. The zero-order valence-electron chi connectivity index (χ0n) is 12.6. The van der Waals surface area contributed by atoms with Gasteiger partial charge in [-0.25, -0.2) is 13.1 Å². The van der Waals surface area contributed by atoms with Crippen molar-refractivity contribution in [3.05, 3.63) is 36.2 Å². The number of hydrogen-bond acceptors (Lipinski definition) is 4. The van der Waals surface area contributed by atoms with Crippen LogP contribution in [0.25, 0.3) is 11.4 Å². The highest BCUT2D eigenvalue weighted by Gasteiger charge is 2.22. The molecule has 1 fully saturated rings. The second kappa shape index (κ2) is 6.18. The average Bonchev–Trinajstić information content (AvgIpc) is 3.14. The normalized spacial score (nSPS) is 16.2. The third-order valence-corrected chi connectivity index (χ3v) is 4.57. The number of aromatic nitrogens is 3. The van der Waals surface area contributed by atoms with E-state index in [1.807, 2.05) is 28.9 Å². The van der Waals surface area contributed by atoms with Crippen molar-refractivity contribution in [2.45, 2.75) is 38.3 Å². The number of nitrogens with zero attached hydrogens (tertiary/aromatic N) is 3. The van der Waals surface area contributed by atoms with Gasteiger partial charge in [0.2, 0.25) is 10.0 Å². The molecule has 0 spiro atoms. The summed E-state index contributed by atoms with van der Waals surface area (Å²) in [5, 5.41) is 4.62. The van der Waals surface area contributed by atoms with Gasteiger partial charge >= 0.3 is 0 Å². The fourth-order valence-electron chi connectivity index (χ4n) is 2.87. The molecule has 7 heteroatoms. The number of rotatable bonds is 5. The molecule has 0 aliphatic heterocycles. The van der Waals surface area contributed by atoms with Crippen molar-refractivity contribution in [3.8, 4) is 11.4 Å². The molecule has 0 aromatic carbocycles. The van der Waals surface area contributed by atoms with Crippen LogP contribution in [0.15, 0.2) is 30.5 Å². The van der Waals surface area contributed by atoms with E-state index in [1.54, 1.807) is 6.20 Å². The van der Waals surface area contributed by atoms with Crippen molar-refractivity contribution in [3.63, 3.8) is 0 Å². The van der Waals surface area contributed by atoms with Crippen LogP contribution in [-0.2, 0) is 16.6 Å². The number of nitrogens with one attached hydrogen (secondary N) is 1. The lowest BCUT2D eigenvalue weighted by Gasteiger charge is -2.13. The van der Waals surface area contributed by atoms with Gasteiger partial charge in [-0.15, -0.1) is 0 Å². The predicted molar refractivity (Wildman–Crippen MR) is 84.6 cm³/mol. The molecule has 1 aliphatic carbocycles. The minimum absolute atomic E-state index is 0.207. The van der Waals surface area contributed by atoms with Crippen LogP contribution in [0.3, 0.4) is 0 Å². The largest absolute Gasteiger partial charge is 0.260 e. The molecule has 0 bridgehead atoms. The molecule has 2 heterocycles. The quantitative estimate of drug-likeness (QED) is 0.915. The molecule has 22 heavy (non-hydrogen) atoms. The Morgan fingerprint density at radius 1 is 1.32 bits per heavy atom. The molecule has 0 unspecified atom stereocenters. The number of pyridine rings is 1. The molecule has 118 valence electrons. The van der Waals surface area contributed by atoms with Crippen LogP contribution in [0.2, 0.25) is 0 Å². The maximum atomic E-state index is 11.3. The van der Waals surface area contributed by atoms with E-state index in [-0.39, 0.29) is 6.54 Å². The van der Waals surface area contributed by atoms with Crippen molar-refractivity contribution in [2.24, 2.45) is 0 Å². The lowest BCUT2D eigenvalue weighted by molar-refractivity contribution is 0.466. The molecule has 2 aromatic heterocycles. The maximum Gasteiger partial charge on any atom is 0.209 e. The van der Waals surface area contributed by atoms with Gasteiger partial charge in [0.05, 0.1) is 35.9 Å².